The first kappa shape index (κ1) is 11.0. The summed E-state index contributed by atoms with van der Waals surface area (Å²) >= 11 is 0. The lowest BCUT2D eigenvalue weighted by atomic mass is 9.88. The Labute approximate surface area is 84.1 Å². The number of aromatic nitrogens is 2. The molecule has 0 saturated heterocycles. The maximum Gasteiger partial charge on any atom is 0.315 e. The molecule has 5 nitrogen and oxygen atoms in total. The molecule has 0 saturated carbocycles. The quantitative estimate of drug-likeness (QED) is 0.767. The van der Waals surface area contributed by atoms with Crippen LogP contribution >= 0.6 is 0 Å². The molecule has 1 unspecified atom stereocenters. The van der Waals surface area contributed by atoms with Crippen molar-refractivity contribution in [2.75, 3.05) is 5.32 Å². The second-order valence-electron chi connectivity index (χ2n) is 4.44. The summed E-state index contributed by atoms with van der Waals surface area (Å²) in [7, 11) is 0. The molecule has 5 heteroatoms. The van der Waals surface area contributed by atoms with Crippen molar-refractivity contribution in [2.24, 2.45) is 11.1 Å². The van der Waals surface area contributed by atoms with Gasteiger partial charge in [0.1, 0.15) is 0 Å². The molecule has 80 valence electrons. The maximum atomic E-state index is 5.36. The fraction of sp³-hybridized carbons (Fsp3) is 0.778. The SMILES string of the molecule is CC(Nc1nnc(CN)o1)C(C)(C)C. The highest BCUT2D eigenvalue weighted by atomic mass is 16.4. The van der Waals surface area contributed by atoms with Crippen molar-refractivity contribution in [2.45, 2.75) is 40.3 Å². The molecule has 0 aliphatic rings. The number of nitrogens with one attached hydrogen (secondary N) is 1. The van der Waals surface area contributed by atoms with Crippen molar-refractivity contribution in [3.63, 3.8) is 0 Å². The van der Waals surface area contributed by atoms with E-state index in [1.807, 2.05) is 0 Å². The predicted octanol–water partition coefficient (Wildman–Crippen LogP) is 1.37. The highest BCUT2D eigenvalue weighted by Crippen LogP contribution is 2.21. The van der Waals surface area contributed by atoms with Crippen LogP contribution in [0.5, 0.6) is 0 Å². The minimum atomic E-state index is 0.150. The summed E-state index contributed by atoms with van der Waals surface area (Å²) in [4.78, 5) is 0. The van der Waals surface area contributed by atoms with E-state index < -0.39 is 0 Å². The summed E-state index contributed by atoms with van der Waals surface area (Å²) in [6, 6.07) is 0.696. The van der Waals surface area contributed by atoms with E-state index in [0.717, 1.165) is 0 Å². The zero-order valence-electron chi connectivity index (χ0n) is 9.16. The summed E-state index contributed by atoms with van der Waals surface area (Å²) in [5.74, 6) is 0.452. The van der Waals surface area contributed by atoms with Crippen molar-refractivity contribution < 1.29 is 4.42 Å². The Morgan fingerprint density at radius 3 is 2.50 bits per heavy atom. The van der Waals surface area contributed by atoms with Gasteiger partial charge in [-0.05, 0) is 12.3 Å². The lowest BCUT2D eigenvalue weighted by molar-refractivity contribution is 0.351. The number of hydrogen-bond acceptors (Lipinski definition) is 5. The summed E-state index contributed by atoms with van der Waals surface area (Å²) in [6.07, 6.45) is 0. The summed E-state index contributed by atoms with van der Waals surface area (Å²) in [6.45, 7) is 8.78. The second-order valence-corrected chi connectivity index (χ2v) is 4.44. The smallest absolute Gasteiger partial charge is 0.315 e. The van der Waals surface area contributed by atoms with Crippen LogP contribution in [0.3, 0.4) is 0 Å². The van der Waals surface area contributed by atoms with Crippen LogP contribution in [0.25, 0.3) is 0 Å². The van der Waals surface area contributed by atoms with Crippen molar-refractivity contribution >= 4 is 6.01 Å². The van der Waals surface area contributed by atoms with Crippen molar-refractivity contribution in [3.05, 3.63) is 5.89 Å². The molecule has 0 bridgehead atoms. The Kier molecular flexibility index (Phi) is 3.10. The van der Waals surface area contributed by atoms with E-state index in [2.05, 4.69) is 43.2 Å². The Morgan fingerprint density at radius 2 is 2.07 bits per heavy atom. The van der Waals surface area contributed by atoms with Gasteiger partial charge in [0.2, 0.25) is 5.89 Å². The molecular weight excluding hydrogens is 180 g/mol. The standard InChI is InChI=1S/C9H18N4O/c1-6(9(2,3)4)11-8-13-12-7(5-10)14-8/h6H,5,10H2,1-4H3,(H,11,13). The highest BCUT2D eigenvalue weighted by molar-refractivity contribution is 5.20. The first-order chi connectivity index (χ1) is 6.43. The summed E-state index contributed by atoms with van der Waals surface area (Å²) in [5, 5.41) is 10.7. The number of nitrogens with zero attached hydrogens (tertiary/aromatic N) is 2. The monoisotopic (exact) mass is 198 g/mol. The van der Waals surface area contributed by atoms with Crippen LogP contribution in [0.1, 0.15) is 33.6 Å². The fourth-order valence-electron chi connectivity index (χ4n) is 0.796. The molecule has 0 radical (unpaired) electrons. The predicted molar refractivity (Wildman–Crippen MR) is 54.7 cm³/mol. The molecule has 1 atom stereocenters. The summed E-state index contributed by atoms with van der Waals surface area (Å²) in [5.41, 5.74) is 5.51. The second kappa shape index (κ2) is 3.96. The van der Waals surface area contributed by atoms with Crippen molar-refractivity contribution in [1.29, 1.82) is 0 Å². The van der Waals surface area contributed by atoms with Gasteiger partial charge < -0.3 is 15.5 Å². The molecule has 0 fully saturated rings. The first-order valence-electron chi connectivity index (χ1n) is 4.72. The number of rotatable bonds is 3. The molecule has 3 N–H and O–H groups in total. The molecule has 1 rings (SSSR count). The van der Waals surface area contributed by atoms with Gasteiger partial charge in [-0.25, -0.2) is 0 Å². The van der Waals surface area contributed by atoms with E-state index in [9.17, 15) is 0 Å². The van der Waals surface area contributed by atoms with Crippen LogP contribution in [-0.4, -0.2) is 16.2 Å². The average Bonchev–Trinajstić information content (AvgIpc) is 2.50. The van der Waals surface area contributed by atoms with Gasteiger partial charge in [-0.1, -0.05) is 25.9 Å². The van der Waals surface area contributed by atoms with Crippen LogP contribution in [0.2, 0.25) is 0 Å². The summed E-state index contributed by atoms with van der Waals surface area (Å²) < 4.78 is 5.24. The van der Waals surface area contributed by atoms with Crippen molar-refractivity contribution in [1.82, 2.24) is 10.2 Å². The topological polar surface area (TPSA) is 77.0 Å². The Balaban J connectivity index is 2.60. The van der Waals surface area contributed by atoms with Crippen LogP contribution < -0.4 is 11.1 Å². The van der Waals surface area contributed by atoms with Gasteiger partial charge >= 0.3 is 6.01 Å². The molecular formula is C9H18N4O. The van der Waals surface area contributed by atoms with Gasteiger partial charge in [-0.2, -0.15) is 0 Å². The highest BCUT2D eigenvalue weighted by Gasteiger charge is 2.21. The molecule has 1 aromatic heterocycles. The Hall–Kier alpha value is -1.10. The number of hydrogen-bond donors (Lipinski definition) is 2. The van der Waals surface area contributed by atoms with Crippen LogP contribution in [-0.2, 0) is 6.54 Å². The molecule has 1 aromatic rings. The van der Waals surface area contributed by atoms with E-state index in [1.165, 1.54) is 0 Å². The lowest BCUT2D eigenvalue weighted by Gasteiger charge is -2.26. The zero-order chi connectivity index (χ0) is 10.8. The van der Waals surface area contributed by atoms with Gasteiger partial charge in [0.15, 0.2) is 0 Å². The minimum absolute atomic E-state index is 0.150. The molecule has 0 spiro atoms. The van der Waals surface area contributed by atoms with E-state index in [1.54, 1.807) is 0 Å². The third kappa shape index (κ3) is 2.70. The Bertz CT molecular complexity index is 289. The zero-order valence-corrected chi connectivity index (χ0v) is 9.16. The van der Waals surface area contributed by atoms with E-state index in [-0.39, 0.29) is 18.0 Å². The molecule has 0 amide bonds. The van der Waals surface area contributed by atoms with E-state index in [0.29, 0.717) is 11.9 Å². The largest absolute Gasteiger partial charge is 0.407 e. The first-order valence-corrected chi connectivity index (χ1v) is 4.72. The molecule has 1 heterocycles. The third-order valence-electron chi connectivity index (χ3n) is 2.28. The van der Waals surface area contributed by atoms with E-state index in [4.69, 9.17) is 10.2 Å². The number of anilines is 1. The number of nitrogens with two attached hydrogens (primary N) is 1. The molecule has 14 heavy (non-hydrogen) atoms. The third-order valence-corrected chi connectivity index (χ3v) is 2.28. The van der Waals surface area contributed by atoms with Crippen LogP contribution in [0.4, 0.5) is 6.01 Å². The van der Waals surface area contributed by atoms with Crippen molar-refractivity contribution in [3.8, 4) is 0 Å². The van der Waals surface area contributed by atoms with Gasteiger partial charge in [0.25, 0.3) is 0 Å². The molecule has 0 aliphatic heterocycles. The normalized spacial score (nSPS) is 14.1. The molecule has 0 aromatic carbocycles. The van der Waals surface area contributed by atoms with Gasteiger partial charge in [0, 0.05) is 6.04 Å². The Morgan fingerprint density at radius 1 is 1.43 bits per heavy atom. The lowest BCUT2D eigenvalue weighted by Crippen LogP contribution is -2.30. The fourth-order valence-corrected chi connectivity index (χ4v) is 0.796. The van der Waals surface area contributed by atoms with E-state index >= 15 is 0 Å². The van der Waals surface area contributed by atoms with Crippen LogP contribution in [0, 0.1) is 5.41 Å². The van der Waals surface area contributed by atoms with Gasteiger partial charge in [0.05, 0.1) is 6.54 Å². The average molecular weight is 198 g/mol. The van der Waals surface area contributed by atoms with Gasteiger partial charge in [-0.3, -0.25) is 0 Å². The minimum Gasteiger partial charge on any atom is -0.407 e. The maximum absolute atomic E-state index is 5.36. The molecule has 0 aliphatic carbocycles. The van der Waals surface area contributed by atoms with Crippen LogP contribution in [0.15, 0.2) is 4.42 Å². The van der Waals surface area contributed by atoms with Gasteiger partial charge in [-0.15, -0.1) is 5.10 Å².